The maximum absolute atomic E-state index is 9.00. The van der Waals surface area contributed by atoms with Crippen LogP contribution in [-0.4, -0.2) is 11.7 Å². The number of hydrogen-bond donors (Lipinski definition) is 1. The molecule has 76 valence electrons. The van der Waals surface area contributed by atoms with Crippen molar-refractivity contribution in [3.8, 4) is 0 Å². The molecule has 0 aliphatic carbocycles. The van der Waals surface area contributed by atoms with Crippen LogP contribution in [0.3, 0.4) is 0 Å². The van der Waals surface area contributed by atoms with E-state index < -0.39 is 0 Å². The highest BCUT2D eigenvalue weighted by Crippen LogP contribution is 2.20. The zero-order valence-electron chi connectivity index (χ0n) is 8.77. The number of hydrogen-bond acceptors (Lipinski definition) is 1. The molecule has 0 unspecified atom stereocenters. The van der Waals surface area contributed by atoms with Crippen molar-refractivity contribution in [1.29, 1.82) is 0 Å². The first kappa shape index (κ1) is 9.94. The van der Waals surface area contributed by atoms with Gasteiger partial charge < -0.3 is 5.11 Å². The Bertz CT molecular complexity index is 492. The number of fused-ring (bicyclic) bond motifs is 1. The van der Waals surface area contributed by atoms with Gasteiger partial charge in [-0.25, -0.2) is 0 Å². The van der Waals surface area contributed by atoms with Crippen LogP contribution in [0.4, 0.5) is 0 Å². The summed E-state index contributed by atoms with van der Waals surface area (Å²) < 4.78 is 0. The highest BCUT2D eigenvalue weighted by molar-refractivity contribution is 5.90. The average molecular weight is 198 g/mol. The topological polar surface area (TPSA) is 20.2 Å². The zero-order chi connectivity index (χ0) is 10.7. The molecule has 0 saturated carbocycles. The molecule has 0 spiro atoms. The fraction of sp³-hybridized carbons (Fsp3) is 0.143. The molecule has 2 rings (SSSR count). The Hall–Kier alpha value is -1.60. The van der Waals surface area contributed by atoms with Crippen LogP contribution in [0, 0.1) is 0 Å². The first-order chi connectivity index (χ1) is 7.31. The largest absolute Gasteiger partial charge is 0.392 e. The first-order valence-electron chi connectivity index (χ1n) is 5.07. The summed E-state index contributed by atoms with van der Waals surface area (Å²) in [4.78, 5) is 0. The van der Waals surface area contributed by atoms with Gasteiger partial charge in [-0.1, -0.05) is 48.5 Å². The highest BCUT2D eigenvalue weighted by Gasteiger charge is 1.97. The summed E-state index contributed by atoms with van der Waals surface area (Å²) in [5.74, 6) is 0. The lowest BCUT2D eigenvalue weighted by Crippen LogP contribution is -1.84. The van der Waals surface area contributed by atoms with Crippen LogP contribution in [0.2, 0.25) is 0 Å². The molecule has 0 aromatic heterocycles. The van der Waals surface area contributed by atoms with Gasteiger partial charge in [-0.3, -0.25) is 0 Å². The van der Waals surface area contributed by atoms with Gasteiger partial charge in [0, 0.05) is 0 Å². The fourth-order valence-electron chi connectivity index (χ4n) is 1.69. The van der Waals surface area contributed by atoms with Crippen molar-refractivity contribution in [2.75, 3.05) is 6.61 Å². The van der Waals surface area contributed by atoms with E-state index in [1.54, 1.807) is 0 Å². The van der Waals surface area contributed by atoms with Crippen LogP contribution >= 0.6 is 0 Å². The van der Waals surface area contributed by atoms with E-state index in [1.165, 1.54) is 16.3 Å². The summed E-state index contributed by atoms with van der Waals surface area (Å²) >= 11 is 0. The third kappa shape index (κ3) is 2.08. The van der Waals surface area contributed by atoms with E-state index in [2.05, 4.69) is 24.3 Å². The van der Waals surface area contributed by atoms with E-state index in [0.29, 0.717) is 0 Å². The van der Waals surface area contributed by atoms with Gasteiger partial charge in [0.05, 0.1) is 6.61 Å². The van der Waals surface area contributed by atoms with Crippen LogP contribution in [0.5, 0.6) is 0 Å². The quantitative estimate of drug-likeness (QED) is 0.785. The molecule has 0 saturated heterocycles. The molecule has 1 N–H and O–H groups in total. The summed E-state index contributed by atoms with van der Waals surface area (Å²) in [5.41, 5.74) is 2.14. The molecule has 0 radical (unpaired) electrons. The van der Waals surface area contributed by atoms with Crippen LogP contribution in [-0.2, 0) is 0 Å². The standard InChI is InChI=1S/C14H14O/c1-11(10-15)9-13-7-4-6-12-5-2-3-8-14(12)13/h2-9,15H,10H2,1H3. The molecular weight excluding hydrogens is 184 g/mol. The van der Waals surface area contributed by atoms with Crippen molar-refractivity contribution in [2.45, 2.75) is 6.92 Å². The maximum Gasteiger partial charge on any atom is 0.0642 e. The molecular formula is C14H14O. The summed E-state index contributed by atoms with van der Waals surface area (Å²) in [6.45, 7) is 2.05. The van der Waals surface area contributed by atoms with Crippen molar-refractivity contribution in [3.05, 3.63) is 53.6 Å². The Morgan fingerprint density at radius 2 is 1.87 bits per heavy atom. The lowest BCUT2D eigenvalue weighted by Gasteiger charge is -2.03. The minimum Gasteiger partial charge on any atom is -0.392 e. The Labute approximate surface area is 89.7 Å². The van der Waals surface area contributed by atoms with E-state index >= 15 is 0 Å². The predicted molar refractivity (Wildman–Crippen MR) is 64.7 cm³/mol. The molecule has 2 aromatic carbocycles. The molecule has 0 bridgehead atoms. The monoisotopic (exact) mass is 198 g/mol. The zero-order valence-corrected chi connectivity index (χ0v) is 8.77. The predicted octanol–water partition coefficient (Wildman–Crippen LogP) is 3.24. The molecule has 2 aromatic rings. The van der Waals surface area contributed by atoms with Gasteiger partial charge in [0.25, 0.3) is 0 Å². The van der Waals surface area contributed by atoms with E-state index in [9.17, 15) is 0 Å². The smallest absolute Gasteiger partial charge is 0.0642 e. The van der Waals surface area contributed by atoms with Crippen molar-refractivity contribution in [2.24, 2.45) is 0 Å². The van der Waals surface area contributed by atoms with Crippen LogP contribution in [0.25, 0.3) is 16.8 Å². The molecule has 0 atom stereocenters. The van der Waals surface area contributed by atoms with Gasteiger partial charge in [-0.15, -0.1) is 0 Å². The SMILES string of the molecule is CC(=Cc1cccc2ccccc12)CO. The number of aliphatic hydroxyl groups is 1. The minimum absolute atomic E-state index is 0.114. The van der Waals surface area contributed by atoms with Gasteiger partial charge in [-0.05, 0) is 28.8 Å². The Kier molecular flexibility index (Phi) is 2.84. The van der Waals surface area contributed by atoms with Crippen molar-refractivity contribution in [3.63, 3.8) is 0 Å². The lowest BCUT2D eigenvalue weighted by molar-refractivity contribution is 0.332. The second kappa shape index (κ2) is 4.28. The van der Waals surface area contributed by atoms with Gasteiger partial charge in [0.15, 0.2) is 0 Å². The maximum atomic E-state index is 9.00. The molecule has 0 amide bonds. The first-order valence-corrected chi connectivity index (χ1v) is 5.07. The second-order valence-electron chi connectivity index (χ2n) is 3.72. The molecule has 0 fully saturated rings. The van der Waals surface area contributed by atoms with E-state index in [-0.39, 0.29) is 6.61 Å². The van der Waals surface area contributed by atoms with Crippen molar-refractivity contribution in [1.82, 2.24) is 0 Å². The molecule has 15 heavy (non-hydrogen) atoms. The molecule has 1 heteroatoms. The molecule has 1 nitrogen and oxygen atoms in total. The third-order valence-electron chi connectivity index (χ3n) is 2.47. The van der Waals surface area contributed by atoms with Crippen molar-refractivity contribution >= 4 is 16.8 Å². The van der Waals surface area contributed by atoms with Gasteiger partial charge in [0.2, 0.25) is 0 Å². The Balaban J connectivity index is 2.61. The minimum atomic E-state index is 0.114. The number of aliphatic hydroxyl groups excluding tert-OH is 1. The Morgan fingerprint density at radius 1 is 1.13 bits per heavy atom. The lowest BCUT2D eigenvalue weighted by atomic mass is 10.0. The van der Waals surface area contributed by atoms with Gasteiger partial charge >= 0.3 is 0 Å². The van der Waals surface area contributed by atoms with Crippen molar-refractivity contribution < 1.29 is 5.11 Å². The summed E-state index contributed by atoms with van der Waals surface area (Å²) in [6, 6.07) is 14.5. The number of benzene rings is 2. The van der Waals surface area contributed by atoms with E-state index in [0.717, 1.165) is 5.57 Å². The fourth-order valence-corrected chi connectivity index (χ4v) is 1.69. The van der Waals surface area contributed by atoms with Crippen LogP contribution in [0.15, 0.2) is 48.0 Å². The normalized spacial score (nSPS) is 12.0. The highest BCUT2D eigenvalue weighted by atomic mass is 16.3. The summed E-state index contributed by atoms with van der Waals surface area (Å²) in [6.07, 6.45) is 2.03. The molecule has 0 heterocycles. The summed E-state index contributed by atoms with van der Waals surface area (Å²) in [5, 5.41) is 11.5. The van der Waals surface area contributed by atoms with Gasteiger partial charge in [-0.2, -0.15) is 0 Å². The van der Waals surface area contributed by atoms with Crippen LogP contribution < -0.4 is 0 Å². The van der Waals surface area contributed by atoms with Gasteiger partial charge in [0.1, 0.15) is 0 Å². The number of rotatable bonds is 2. The average Bonchev–Trinajstić information content (AvgIpc) is 2.29. The molecule has 0 aliphatic heterocycles. The molecule has 0 aliphatic rings. The summed E-state index contributed by atoms with van der Waals surface area (Å²) in [7, 11) is 0. The second-order valence-corrected chi connectivity index (χ2v) is 3.72. The van der Waals surface area contributed by atoms with Crippen LogP contribution in [0.1, 0.15) is 12.5 Å². The van der Waals surface area contributed by atoms with E-state index in [4.69, 9.17) is 5.11 Å². The Morgan fingerprint density at radius 3 is 2.67 bits per heavy atom. The van der Waals surface area contributed by atoms with E-state index in [1.807, 2.05) is 31.2 Å². The third-order valence-corrected chi connectivity index (χ3v) is 2.47.